The summed E-state index contributed by atoms with van der Waals surface area (Å²) in [5.74, 6) is 0.604. The summed E-state index contributed by atoms with van der Waals surface area (Å²) in [6.45, 7) is 0.554. The van der Waals surface area contributed by atoms with Crippen molar-refractivity contribution < 1.29 is 9.13 Å². The van der Waals surface area contributed by atoms with Crippen LogP contribution in [0.2, 0.25) is 0 Å². The number of nitrogens with two attached hydrogens (primary N) is 1. The van der Waals surface area contributed by atoms with Crippen molar-refractivity contribution in [2.75, 3.05) is 6.61 Å². The topological polar surface area (TPSA) is 35.2 Å². The van der Waals surface area contributed by atoms with Crippen molar-refractivity contribution in [3.8, 4) is 5.75 Å². The molecule has 0 fully saturated rings. The second kappa shape index (κ2) is 7.41. The molecule has 2 aromatic carbocycles. The summed E-state index contributed by atoms with van der Waals surface area (Å²) in [5, 5.41) is 0. The number of rotatable bonds is 6. The number of halogens is 2. The molecule has 106 valence electrons. The van der Waals surface area contributed by atoms with Crippen LogP contribution in [0, 0.1) is 5.82 Å². The SMILES string of the molecule is NC(CCOc1ccc(Br)cc1)Cc1cccc(F)c1. The Morgan fingerprint density at radius 2 is 1.90 bits per heavy atom. The lowest BCUT2D eigenvalue weighted by Gasteiger charge is -2.12. The van der Waals surface area contributed by atoms with Crippen LogP contribution in [0.1, 0.15) is 12.0 Å². The van der Waals surface area contributed by atoms with E-state index in [4.69, 9.17) is 10.5 Å². The highest BCUT2D eigenvalue weighted by Gasteiger charge is 2.05. The Labute approximate surface area is 126 Å². The van der Waals surface area contributed by atoms with Crippen LogP contribution in [-0.4, -0.2) is 12.6 Å². The average molecular weight is 338 g/mol. The van der Waals surface area contributed by atoms with Gasteiger partial charge in [-0.25, -0.2) is 4.39 Å². The van der Waals surface area contributed by atoms with Crippen LogP contribution in [0.3, 0.4) is 0 Å². The molecule has 0 aliphatic carbocycles. The van der Waals surface area contributed by atoms with E-state index in [9.17, 15) is 4.39 Å². The van der Waals surface area contributed by atoms with E-state index in [1.807, 2.05) is 30.3 Å². The van der Waals surface area contributed by atoms with Crippen molar-refractivity contribution >= 4 is 15.9 Å². The van der Waals surface area contributed by atoms with E-state index in [-0.39, 0.29) is 11.9 Å². The third-order valence-corrected chi connectivity index (χ3v) is 3.49. The molecule has 0 aromatic heterocycles. The normalized spacial score (nSPS) is 12.2. The molecular formula is C16H17BrFNO. The summed E-state index contributed by atoms with van der Waals surface area (Å²) >= 11 is 3.37. The van der Waals surface area contributed by atoms with Crippen molar-refractivity contribution in [3.63, 3.8) is 0 Å². The van der Waals surface area contributed by atoms with Gasteiger partial charge in [-0.1, -0.05) is 28.1 Å². The van der Waals surface area contributed by atoms with Crippen LogP contribution >= 0.6 is 15.9 Å². The van der Waals surface area contributed by atoms with Gasteiger partial charge in [0.05, 0.1) is 6.61 Å². The molecule has 0 amide bonds. The highest BCUT2D eigenvalue weighted by atomic mass is 79.9. The zero-order chi connectivity index (χ0) is 14.4. The van der Waals surface area contributed by atoms with Crippen LogP contribution in [0.25, 0.3) is 0 Å². The fourth-order valence-electron chi connectivity index (χ4n) is 1.93. The summed E-state index contributed by atoms with van der Waals surface area (Å²) < 4.78 is 19.7. The summed E-state index contributed by atoms with van der Waals surface area (Å²) in [4.78, 5) is 0. The van der Waals surface area contributed by atoms with Crippen molar-refractivity contribution in [3.05, 3.63) is 64.4 Å². The first-order valence-electron chi connectivity index (χ1n) is 6.52. The van der Waals surface area contributed by atoms with Crippen molar-refractivity contribution in [2.45, 2.75) is 18.9 Å². The standard InChI is InChI=1S/C16H17BrFNO/c17-13-4-6-16(7-5-13)20-9-8-15(19)11-12-2-1-3-14(18)10-12/h1-7,10,15H,8-9,11,19H2. The lowest BCUT2D eigenvalue weighted by Crippen LogP contribution is -2.25. The van der Waals surface area contributed by atoms with Crippen LogP contribution in [0.5, 0.6) is 5.75 Å². The van der Waals surface area contributed by atoms with Gasteiger partial charge in [0.25, 0.3) is 0 Å². The Bertz CT molecular complexity index is 544. The second-order valence-electron chi connectivity index (χ2n) is 4.69. The van der Waals surface area contributed by atoms with Crippen molar-refractivity contribution in [1.29, 1.82) is 0 Å². The smallest absolute Gasteiger partial charge is 0.123 e. The predicted octanol–water partition coefficient (Wildman–Crippen LogP) is 3.93. The number of hydrogen-bond acceptors (Lipinski definition) is 2. The van der Waals surface area contributed by atoms with Crippen molar-refractivity contribution in [1.82, 2.24) is 0 Å². The van der Waals surface area contributed by atoms with E-state index >= 15 is 0 Å². The first-order chi connectivity index (χ1) is 9.63. The van der Waals surface area contributed by atoms with E-state index in [0.717, 1.165) is 22.2 Å². The van der Waals surface area contributed by atoms with E-state index < -0.39 is 0 Å². The van der Waals surface area contributed by atoms with Crippen LogP contribution < -0.4 is 10.5 Å². The van der Waals surface area contributed by atoms with E-state index in [2.05, 4.69) is 15.9 Å². The Morgan fingerprint density at radius 1 is 1.15 bits per heavy atom. The minimum atomic E-state index is -0.221. The fourth-order valence-corrected chi connectivity index (χ4v) is 2.19. The lowest BCUT2D eigenvalue weighted by atomic mass is 10.0. The molecule has 2 rings (SSSR count). The minimum Gasteiger partial charge on any atom is -0.494 e. The third kappa shape index (κ3) is 4.94. The van der Waals surface area contributed by atoms with Gasteiger partial charge in [0.1, 0.15) is 11.6 Å². The molecule has 0 heterocycles. The van der Waals surface area contributed by atoms with E-state index in [1.54, 1.807) is 6.07 Å². The lowest BCUT2D eigenvalue weighted by molar-refractivity contribution is 0.297. The van der Waals surface area contributed by atoms with Crippen LogP contribution in [0.4, 0.5) is 4.39 Å². The maximum absolute atomic E-state index is 13.1. The van der Waals surface area contributed by atoms with Gasteiger partial charge in [0.15, 0.2) is 0 Å². The van der Waals surface area contributed by atoms with Gasteiger partial charge in [0, 0.05) is 10.5 Å². The van der Waals surface area contributed by atoms with Gasteiger partial charge >= 0.3 is 0 Å². The van der Waals surface area contributed by atoms with E-state index in [1.165, 1.54) is 12.1 Å². The van der Waals surface area contributed by atoms with Gasteiger partial charge in [-0.15, -0.1) is 0 Å². The summed E-state index contributed by atoms with van der Waals surface area (Å²) in [6.07, 6.45) is 1.38. The number of ether oxygens (including phenoxy) is 1. The molecule has 0 radical (unpaired) electrons. The Hall–Kier alpha value is -1.39. The molecule has 1 atom stereocenters. The molecule has 0 saturated heterocycles. The highest BCUT2D eigenvalue weighted by molar-refractivity contribution is 9.10. The largest absolute Gasteiger partial charge is 0.494 e. The van der Waals surface area contributed by atoms with Crippen LogP contribution in [0.15, 0.2) is 53.0 Å². The molecule has 2 N–H and O–H groups in total. The number of benzene rings is 2. The molecule has 0 bridgehead atoms. The molecule has 0 aliphatic rings. The van der Waals surface area contributed by atoms with E-state index in [0.29, 0.717) is 13.0 Å². The van der Waals surface area contributed by atoms with Crippen LogP contribution in [-0.2, 0) is 6.42 Å². The molecule has 0 saturated carbocycles. The Balaban J connectivity index is 1.75. The summed E-state index contributed by atoms with van der Waals surface area (Å²) in [5.41, 5.74) is 6.95. The molecular weight excluding hydrogens is 321 g/mol. The highest BCUT2D eigenvalue weighted by Crippen LogP contribution is 2.16. The van der Waals surface area contributed by atoms with Gasteiger partial charge in [-0.05, 0) is 54.8 Å². The molecule has 1 unspecified atom stereocenters. The Morgan fingerprint density at radius 3 is 2.60 bits per heavy atom. The fraction of sp³-hybridized carbons (Fsp3) is 0.250. The molecule has 20 heavy (non-hydrogen) atoms. The average Bonchev–Trinajstić information content (AvgIpc) is 2.41. The first kappa shape index (κ1) is 15.0. The maximum Gasteiger partial charge on any atom is 0.123 e. The minimum absolute atomic E-state index is 0.0350. The molecule has 2 nitrogen and oxygen atoms in total. The molecule has 0 aliphatic heterocycles. The Kier molecular flexibility index (Phi) is 5.56. The molecule has 0 spiro atoms. The van der Waals surface area contributed by atoms with Gasteiger partial charge in [-0.2, -0.15) is 0 Å². The monoisotopic (exact) mass is 337 g/mol. The zero-order valence-electron chi connectivity index (χ0n) is 11.1. The maximum atomic E-state index is 13.1. The summed E-state index contributed by atoms with van der Waals surface area (Å²) in [6, 6.07) is 14.2. The van der Waals surface area contributed by atoms with Gasteiger partial charge in [0.2, 0.25) is 0 Å². The zero-order valence-corrected chi connectivity index (χ0v) is 12.6. The predicted molar refractivity (Wildman–Crippen MR) is 82.3 cm³/mol. The van der Waals surface area contributed by atoms with Gasteiger partial charge < -0.3 is 10.5 Å². The van der Waals surface area contributed by atoms with Crippen molar-refractivity contribution in [2.24, 2.45) is 5.73 Å². The molecule has 2 aromatic rings. The second-order valence-corrected chi connectivity index (χ2v) is 5.60. The molecule has 4 heteroatoms. The number of hydrogen-bond donors (Lipinski definition) is 1. The third-order valence-electron chi connectivity index (χ3n) is 2.96. The summed E-state index contributed by atoms with van der Waals surface area (Å²) in [7, 11) is 0. The quantitative estimate of drug-likeness (QED) is 0.866. The first-order valence-corrected chi connectivity index (χ1v) is 7.31. The van der Waals surface area contributed by atoms with Gasteiger partial charge in [-0.3, -0.25) is 0 Å².